The number of halogens is 1. The summed E-state index contributed by atoms with van der Waals surface area (Å²) in [6.07, 6.45) is 4.46. The van der Waals surface area contributed by atoms with Gasteiger partial charge in [0.05, 0.1) is 13.1 Å². The average Bonchev–Trinajstić information content (AvgIpc) is 3.13. The summed E-state index contributed by atoms with van der Waals surface area (Å²) in [6, 6.07) is 8.38. The van der Waals surface area contributed by atoms with Gasteiger partial charge < -0.3 is 15.5 Å². The maximum Gasteiger partial charge on any atom is 0.241 e. The van der Waals surface area contributed by atoms with E-state index in [2.05, 4.69) is 53.7 Å². The lowest BCUT2D eigenvalue weighted by Gasteiger charge is -2.17. The lowest BCUT2D eigenvalue weighted by atomic mass is 10.1. The molecule has 1 heterocycles. The first-order chi connectivity index (χ1) is 11.7. The molecule has 1 aliphatic rings. The summed E-state index contributed by atoms with van der Waals surface area (Å²) in [5.41, 5.74) is 2.42. The number of guanidine groups is 1. The summed E-state index contributed by atoms with van der Waals surface area (Å²) in [6.45, 7) is 7.81. The number of aryl methyl sites for hydroxylation is 1. The predicted molar refractivity (Wildman–Crippen MR) is 114 cm³/mol. The second kappa shape index (κ2) is 12.1. The van der Waals surface area contributed by atoms with Crippen molar-refractivity contribution in [2.75, 3.05) is 26.2 Å². The lowest BCUT2D eigenvalue weighted by molar-refractivity contribution is -0.128. The number of aliphatic imine (C=N–C) groups is 1. The maximum atomic E-state index is 12.2. The molecule has 0 bridgehead atoms. The Morgan fingerprint density at radius 1 is 1.16 bits per heavy atom. The van der Waals surface area contributed by atoms with Gasteiger partial charge in [-0.25, -0.2) is 4.99 Å². The molecular weight excluding hydrogens is 427 g/mol. The van der Waals surface area contributed by atoms with E-state index in [1.165, 1.54) is 11.1 Å². The number of carbonyl (C=O) groups is 1. The van der Waals surface area contributed by atoms with Crippen LogP contribution in [0.5, 0.6) is 0 Å². The van der Waals surface area contributed by atoms with E-state index in [0.29, 0.717) is 13.1 Å². The van der Waals surface area contributed by atoms with E-state index in [0.717, 1.165) is 51.3 Å². The largest absolute Gasteiger partial charge is 0.356 e. The molecule has 0 aromatic heterocycles. The van der Waals surface area contributed by atoms with E-state index in [1.54, 1.807) is 0 Å². The second-order valence-electron chi connectivity index (χ2n) is 6.37. The van der Waals surface area contributed by atoms with Crippen LogP contribution in [-0.2, 0) is 11.3 Å². The highest BCUT2D eigenvalue weighted by molar-refractivity contribution is 14.0. The van der Waals surface area contributed by atoms with Gasteiger partial charge in [0.15, 0.2) is 5.96 Å². The number of nitrogens with zero attached hydrogens (tertiary/aromatic N) is 2. The molecule has 1 aromatic rings. The zero-order valence-electron chi connectivity index (χ0n) is 15.4. The first-order valence-electron chi connectivity index (χ1n) is 9.04. The Bertz CT molecular complexity index is 539. The molecule has 0 unspecified atom stereocenters. The second-order valence-corrected chi connectivity index (χ2v) is 6.37. The Balaban J connectivity index is 0.00000312. The molecule has 1 amide bonds. The normalized spacial score (nSPS) is 14.2. The van der Waals surface area contributed by atoms with Crippen LogP contribution in [0.2, 0.25) is 0 Å². The maximum absolute atomic E-state index is 12.2. The van der Waals surface area contributed by atoms with E-state index >= 15 is 0 Å². The van der Waals surface area contributed by atoms with Crippen molar-refractivity contribution in [2.45, 2.75) is 46.1 Å². The van der Waals surface area contributed by atoms with Gasteiger partial charge in [0, 0.05) is 19.6 Å². The number of likely N-dealkylation sites (tertiary alicyclic amines) is 1. The number of rotatable bonds is 7. The first kappa shape index (κ1) is 21.7. The van der Waals surface area contributed by atoms with Crippen LogP contribution in [0.4, 0.5) is 0 Å². The minimum atomic E-state index is 0. The quantitative estimate of drug-likeness (QED) is 0.286. The summed E-state index contributed by atoms with van der Waals surface area (Å²) in [7, 11) is 0. The topological polar surface area (TPSA) is 56.7 Å². The molecule has 2 N–H and O–H groups in total. The van der Waals surface area contributed by atoms with Crippen molar-refractivity contribution in [1.29, 1.82) is 0 Å². The van der Waals surface area contributed by atoms with E-state index in [1.807, 2.05) is 4.90 Å². The van der Waals surface area contributed by atoms with Crippen LogP contribution in [0, 0.1) is 6.92 Å². The van der Waals surface area contributed by atoms with E-state index in [4.69, 9.17) is 0 Å². The first-order valence-corrected chi connectivity index (χ1v) is 9.04. The molecule has 0 saturated carbocycles. The SMILES string of the molecule is CCCCNC(=NCc1ccc(C)cc1)NCC(=O)N1CCCC1.I. The monoisotopic (exact) mass is 458 g/mol. The molecule has 25 heavy (non-hydrogen) atoms. The van der Waals surface area contributed by atoms with Crippen LogP contribution in [0.1, 0.15) is 43.7 Å². The van der Waals surface area contributed by atoms with E-state index < -0.39 is 0 Å². The molecule has 0 aliphatic carbocycles. The van der Waals surface area contributed by atoms with Crippen molar-refractivity contribution in [3.63, 3.8) is 0 Å². The number of hydrogen-bond donors (Lipinski definition) is 2. The van der Waals surface area contributed by atoms with Crippen molar-refractivity contribution in [3.8, 4) is 0 Å². The molecule has 1 fully saturated rings. The Morgan fingerprint density at radius 2 is 1.84 bits per heavy atom. The molecule has 1 aliphatic heterocycles. The molecule has 1 aromatic carbocycles. The molecule has 0 radical (unpaired) electrons. The number of unbranched alkanes of at least 4 members (excludes halogenated alkanes) is 1. The van der Waals surface area contributed by atoms with Crippen molar-refractivity contribution in [3.05, 3.63) is 35.4 Å². The molecule has 1 saturated heterocycles. The molecule has 6 heteroatoms. The summed E-state index contributed by atoms with van der Waals surface area (Å²) in [5.74, 6) is 0.879. The van der Waals surface area contributed by atoms with Gasteiger partial charge >= 0.3 is 0 Å². The number of hydrogen-bond acceptors (Lipinski definition) is 2. The Labute approximate surface area is 168 Å². The molecule has 0 spiro atoms. The Morgan fingerprint density at radius 3 is 2.48 bits per heavy atom. The zero-order valence-corrected chi connectivity index (χ0v) is 17.7. The minimum absolute atomic E-state index is 0. The van der Waals surface area contributed by atoms with Crippen LogP contribution in [-0.4, -0.2) is 42.9 Å². The van der Waals surface area contributed by atoms with Crippen LogP contribution in [0.3, 0.4) is 0 Å². The van der Waals surface area contributed by atoms with Gasteiger partial charge in [-0.3, -0.25) is 4.79 Å². The fraction of sp³-hybridized carbons (Fsp3) is 0.579. The van der Waals surface area contributed by atoms with Crippen LogP contribution in [0.15, 0.2) is 29.3 Å². The fourth-order valence-electron chi connectivity index (χ4n) is 2.66. The van der Waals surface area contributed by atoms with Crippen molar-refractivity contribution in [2.24, 2.45) is 4.99 Å². The van der Waals surface area contributed by atoms with Gasteiger partial charge in [0.1, 0.15) is 0 Å². The van der Waals surface area contributed by atoms with Crippen molar-refractivity contribution in [1.82, 2.24) is 15.5 Å². The highest BCUT2D eigenvalue weighted by Gasteiger charge is 2.17. The summed E-state index contributed by atoms with van der Waals surface area (Å²) < 4.78 is 0. The van der Waals surface area contributed by atoms with Gasteiger partial charge in [-0.15, -0.1) is 24.0 Å². The zero-order chi connectivity index (χ0) is 17.2. The summed E-state index contributed by atoms with van der Waals surface area (Å²) >= 11 is 0. The number of benzene rings is 1. The van der Waals surface area contributed by atoms with Gasteiger partial charge in [-0.1, -0.05) is 43.2 Å². The van der Waals surface area contributed by atoms with Gasteiger partial charge in [-0.2, -0.15) is 0 Å². The third kappa shape index (κ3) is 8.07. The number of nitrogens with one attached hydrogen (secondary N) is 2. The molecular formula is C19H31IN4O. The third-order valence-corrected chi connectivity index (χ3v) is 4.23. The molecule has 0 atom stereocenters. The third-order valence-electron chi connectivity index (χ3n) is 4.23. The number of amides is 1. The number of carbonyl (C=O) groups excluding carboxylic acids is 1. The fourth-order valence-corrected chi connectivity index (χ4v) is 2.66. The van der Waals surface area contributed by atoms with Crippen LogP contribution < -0.4 is 10.6 Å². The standard InChI is InChI=1S/C19H30N4O.HI/c1-3-4-11-20-19(21-14-17-9-7-16(2)8-10-17)22-15-18(24)23-12-5-6-13-23;/h7-10H,3-6,11-15H2,1-2H3,(H2,20,21,22);1H. The highest BCUT2D eigenvalue weighted by atomic mass is 127. The smallest absolute Gasteiger partial charge is 0.241 e. The predicted octanol–water partition coefficient (Wildman–Crippen LogP) is 3.07. The molecule has 140 valence electrons. The van der Waals surface area contributed by atoms with Crippen molar-refractivity contribution >= 4 is 35.8 Å². The minimum Gasteiger partial charge on any atom is -0.356 e. The van der Waals surface area contributed by atoms with Crippen LogP contribution >= 0.6 is 24.0 Å². The lowest BCUT2D eigenvalue weighted by Crippen LogP contribution is -2.44. The highest BCUT2D eigenvalue weighted by Crippen LogP contribution is 2.07. The molecule has 5 nitrogen and oxygen atoms in total. The van der Waals surface area contributed by atoms with E-state index in [9.17, 15) is 4.79 Å². The summed E-state index contributed by atoms with van der Waals surface area (Å²) in [4.78, 5) is 18.7. The Kier molecular flexibility index (Phi) is 10.5. The molecule has 2 rings (SSSR count). The van der Waals surface area contributed by atoms with Crippen LogP contribution in [0.25, 0.3) is 0 Å². The van der Waals surface area contributed by atoms with Gasteiger partial charge in [0.25, 0.3) is 0 Å². The van der Waals surface area contributed by atoms with Gasteiger partial charge in [-0.05, 0) is 31.7 Å². The van der Waals surface area contributed by atoms with Gasteiger partial charge in [0.2, 0.25) is 5.91 Å². The van der Waals surface area contributed by atoms with E-state index in [-0.39, 0.29) is 29.9 Å². The Hall–Kier alpha value is -1.31. The average molecular weight is 458 g/mol. The van der Waals surface area contributed by atoms with Crippen molar-refractivity contribution < 1.29 is 4.79 Å². The summed E-state index contributed by atoms with van der Waals surface area (Å²) in [5, 5.41) is 6.50.